The van der Waals surface area contributed by atoms with Gasteiger partial charge in [-0.3, -0.25) is 4.79 Å². The summed E-state index contributed by atoms with van der Waals surface area (Å²) in [6.45, 7) is 0. The highest BCUT2D eigenvalue weighted by Crippen LogP contribution is 2.20. The topological polar surface area (TPSA) is 17.1 Å². The van der Waals surface area contributed by atoms with Crippen LogP contribution in [0.3, 0.4) is 0 Å². The van der Waals surface area contributed by atoms with Crippen LogP contribution in [-0.2, 0) is 0 Å². The fourth-order valence-corrected chi connectivity index (χ4v) is 1.39. The molecule has 0 aliphatic carbocycles. The molecule has 0 saturated carbocycles. The largest absolute Gasteiger partial charge is 0.298 e. The van der Waals surface area contributed by atoms with Crippen molar-refractivity contribution < 1.29 is 9.18 Å². The van der Waals surface area contributed by atoms with Crippen LogP contribution in [0.15, 0.2) is 36.4 Å². The lowest BCUT2D eigenvalue weighted by Crippen LogP contribution is -1.85. The van der Waals surface area contributed by atoms with E-state index in [1.807, 2.05) is 0 Å². The van der Waals surface area contributed by atoms with Crippen LogP contribution in [-0.4, -0.2) is 6.29 Å². The summed E-state index contributed by atoms with van der Waals surface area (Å²) in [5.41, 5.74) is 0.525. The van der Waals surface area contributed by atoms with Crippen molar-refractivity contribution in [3.63, 3.8) is 0 Å². The third-order valence-electron chi connectivity index (χ3n) is 2.03. The summed E-state index contributed by atoms with van der Waals surface area (Å²) in [5, 5.41) is 1.16. The quantitative estimate of drug-likeness (QED) is 0.661. The lowest BCUT2D eigenvalue weighted by Gasteiger charge is -2.00. The van der Waals surface area contributed by atoms with Crippen molar-refractivity contribution in [2.75, 3.05) is 0 Å². The molecule has 0 spiro atoms. The van der Waals surface area contributed by atoms with Crippen molar-refractivity contribution in [3.05, 3.63) is 47.8 Å². The minimum Gasteiger partial charge on any atom is -0.298 e. The molecule has 0 bridgehead atoms. The Hall–Kier alpha value is -1.41. The Labute approximate surface area is 87.0 Å². The van der Waals surface area contributed by atoms with Crippen molar-refractivity contribution in [2.45, 2.75) is 0 Å². The summed E-state index contributed by atoms with van der Waals surface area (Å²) < 4.78 is 13.2. The smallest absolute Gasteiger partial charge is 0.150 e. The number of carbonyl (C=O) groups excluding carboxylic acids is 1. The van der Waals surface area contributed by atoms with Gasteiger partial charge in [0.15, 0.2) is 6.29 Å². The van der Waals surface area contributed by atoms with Crippen molar-refractivity contribution in [2.24, 2.45) is 0 Å². The van der Waals surface area contributed by atoms with Gasteiger partial charge in [-0.25, -0.2) is 4.39 Å². The minimum atomic E-state index is -0.291. The predicted octanol–water partition coefficient (Wildman–Crippen LogP) is 3.21. The van der Waals surface area contributed by atoms with Crippen molar-refractivity contribution in [1.82, 2.24) is 0 Å². The zero-order chi connectivity index (χ0) is 9.26. The van der Waals surface area contributed by atoms with Gasteiger partial charge in [0.1, 0.15) is 5.82 Å². The van der Waals surface area contributed by atoms with Crippen LogP contribution < -0.4 is 0 Å². The first kappa shape index (κ1) is 10.7. The summed E-state index contributed by atoms with van der Waals surface area (Å²) >= 11 is 0. The zero-order valence-corrected chi connectivity index (χ0v) is 8.05. The molecule has 2 aromatic rings. The van der Waals surface area contributed by atoms with E-state index in [1.165, 1.54) is 12.1 Å². The van der Waals surface area contributed by atoms with Crippen molar-refractivity contribution in [3.8, 4) is 0 Å². The van der Waals surface area contributed by atoms with E-state index in [9.17, 15) is 9.18 Å². The Balaban J connectivity index is 0.000000980. The molecule has 0 amide bonds. The summed E-state index contributed by atoms with van der Waals surface area (Å²) in [4.78, 5) is 10.6. The molecule has 2 rings (SSSR count). The van der Waals surface area contributed by atoms with E-state index in [4.69, 9.17) is 0 Å². The second-order valence-corrected chi connectivity index (χ2v) is 2.80. The Morgan fingerprint density at radius 2 is 1.64 bits per heavy atom. The average molecular weight is 211 g/mol. The van der Waals surface area contributed by atoms with Crippen LogP contribution in [0.25, 0.3) is 10.8 Å². The molecule has 0 atom stereocenters. The molecule has 72 valence electrons. The van der Waals surface area contributed by atoms with Crippen LogP contribution in [0.2, 0.25) is 0 Å². The van der Waals surface area contributed by atoms with E-state index in [-0.39, 0.29) is 18.2 Å². The van der Waals surface area contributed by atoms with Crippen LogP contribution in [0.5, 0.6) is 0 Å². The molecule has 0 aliphatic heterocycles. The third-order valence-corrected chi connectivity index (χ3v) is 2.03. The maximum Gasteiger partial charge on any atom is 0.150 e. The molecule has 3 heteroatoms. The molecule has 0 saturated heterocycles. The SMILES string of the molecule is Cl.O=Cc1ccc(F)c2ccccc12. The molecule has 2 aromatic carbocycles. The Bertz CT molecular complexity index is 468. The highest BCUT2D eigenvalue weighted by molar-refractivity contribution is 5.98. The molecule has 14 heavy (non-hydrogen) atoms. The third kappa shape index (κ3) is 1.61. The van der Waals surface area contributed by atoms with Gasteiger partial charge >= 0.3 is 0 Å². The predicted molar refractivity (Wildman–Crippen MR) is 56.5 cm³/mol. The van der Waals surface area contributed by atoms with Gasteiger partial charge in [-0.05, 0) is 17.5 Å². The fourth-order valence-electron chi connectivity index (χ4n) is 1.39. The van der Waals surface area contributed by atoms with E-state index < -0.39 is 0 Å². The molecular formula is C11H8ClFO. The number of benzene rings is 2. The summed E-state index contributed by atoms with van der Waals surface area (Å²) in [5.74, 6) is -0.291. The highest BCUT2D eigenvalue weighted by Gasteiger charge is 2.03. The summed E-state index contributed by atoms with van der Waals surface area (Å²) in [6.07, 6.45) is 0.738. The van der Waals surface area contributed by atoms with Crippen LogP contribution in [0, 0.1) is 5.82 Å². The van der Waals surface area contributed by atoms with Gasteiger partial charge in [-0.15, -0.1) is 12.4 Å². The summed E-state index contributed by atoms with van der Waals surface area (Å²) in [6, 6.07) is 9.74. The van der Waals surface area contributed by atoms with E-state index in [0.717, 1.165) is 6.29 Å². The molecule has 0 heterocycles. The molecule has 0 N–H and O–H groups in total. The lowest BCUT2D eigenvalue weighted by molar-refractivity contribution is 0.112. The van der Waals surface area contributed by atoms with Gasteiger partial charge in [0.25, 0.3) is 0 Å². The van der Waals surface area contributed by atoms with Gasteiger partial charge in [0.2, 0.25) is 0 Å². The van der Waals surface area contributed by atoms with Gasteiger partial charge in [-0.2, -0.15) is 0 Å². The maximum atomic E-state index is 13.2. The molecule has 1 nitrogen and oxygen atoms in total. The number of hydrogen-bond donors (Lipinski definition) is 0. The van der Waals surface area contributed by atoms with Gasteiger partial charge in [0, 0.05) is 10.9 Å². The average Bonchev–Trinajstić information content (AvgIpc) is 2.19. The maximum absolute atomic E-state index is 13.2. The molecule has 0 aromatic heterocycles. The number of hydrogen-bond acceptors (Lipinski definition) is 1. The van der Waals surface area contributed by atoms with E-state index >= 15 is 0 Å². The monoisotopic (exact) mass is 210 g/mol. The highest BCUT2D eigenvalue weighted by atomic mass is 35.5. The van der Waals surface area contributed by atoms with Gasteiger partial charge in [0.05, 0.1) is 0 Å². The Morgan fingerprint density at radius 3 is 2.29 bits per heavy atom. The lowest BCUT2D eigenvalue weighted by atomic mass is 10.1. The number of halogens is 2. The number of carbonyl (C=O) groups is 1. The number of rotatable bonds is 1. The standard InChI is InChI=1S/C11H7FO.ClH/c12-11-6-5-8(7-13)9-3-1-2-4-10(9)11;/h1-7H;1H. The first-order valence-electron chi connectivity index (χ1n) is 3.95. The Morgan fingerprint density at radius 1 is 1.00 bits per heavy atom. The normalized spacial score (nSPS) is 9.50. The molecular weight excluding hydrogens is 203 g/mol. The van der Waals surface area contributed by atoms with Crippen LogP contribution >= 0.6 is 12.4 Å². The first-order chi connectivity index (χ1) is 6.33. The number of aldehydes is 1. The molecule has 0 fully saturated rings. The second kappa shape index (κ2) is 4.20. The number of fused-ring (bicyclic) bond motifs is 1. The second-order valence-electron chi connectivity index (χ2n) is 2.80. The van der Waals surface area contributed by atoms with E-state index in [0.29, 0.717) is 16.3 Å². The van der Waals surface area contributed by atoms with Crippen molar-refractivity contribution >= 4 is 29.5 Å². The summed E-state index contributed by atoms with van der Waals surface area (Å²) in [7, 11) is 0. The molecule has 0 aliphatic rings. The van der Waals surface area contributed by atoms with Crippen molar-refractivity contribution in [1.29, 1.82) is 0 Å². The zero-order valence-electron chi connectivity index (χ0n) is 7.24. The Kier molecular flexibility index (Phi) is 3.20. The van der Waals surface area contributed by atoms with E-state index in [1.54, 1.807) is 24.3 Å². The fraction of sp³-hybridized carbons (Fsp3) is 0. The van der Waals surface area contributed by atoms with Gasteiger partial charge in [-0.1, -0.05) is 24.3 Å². The van der Waals surface area contributed by atoms with E-state index in [2.05, 4.69) is 0 Å². The molecule has 0 radical (unpaired) electrons. The van der Waals surface area contributed by atoms with Crippen LogP contribution in [0.4, 0.5) is 4.39 Å². The first-order valence-corrected chi connectivity index (χ1v) is 3.95. The minimum absolute atomic E-state index is 0. The van der Waals surface area contributed by atoms with Crippen LogP contribution in [0.1, 0.15) is 10.4 Å². The molecule has 0 unspecified atom stereocenters. The van der Waals surface area contributed by atoms with Gasteiger partial charge < -0.3 is 0 Å².